The molecule has 0 saturated heterocycles. The Kier molecular flexibility index (Phi) is 4.27. The van der Waals surface area contributed by atoms with E-state index in [1.807, 2.05) is 0 Å². The molecule has 0 aliphatic heterocycles. The summed E-state index contributed by atoms with van der Waals surface area (Å²) in [6, 6.07) is 3.86. The number of ketones is 1. The summed E-state index contributed by atoms with van der Waals surface area (Å²) in [7, 11) is 4.61. The molecule has 1 fully saturated rings. The van der Waals surface area contributed by atoms with E-state index in [1.54, 1.807) is 12.1 Å². The molecule has 1 aromatic carbocycles. The molecule has 1 saturated carbocycles. The summed E-state index contributed by atoms with van der Waals surface area (Å²) in [5.41, 5.74) is 0.558. The first-order chi connectivity index (χ1) is 9.19. The summed E-state index contributed by atoms with van der Waals surface area (Å²) >= 11 is 0. The average molecular weight is 265 g/mol. The van der Waals surface area contributed by atoms with E-state index in [1.165, 1.54) is 21.3 Å². The zero-order valence-electron chi connectivity index (χ0n) is 11.5. The third-order valence-electron chi connectivity index (χ3n) is 3.12. The third-order valence-corrected chi connectivity index (χ3v) is 3.12. The molecule has 2 rings (SSSR count). The summed E-state index contributed by atoms with van der Waals surface area (Å²) in [6.07, 6.45) is 2.31. The van der Waals surface area contributed by atoms with Crippen molar-refractivity contribution in [2.24, 2.45) is 0 Å². The maximum absolute atomic E-state index is 12.1. The van der Waals surface area contributed by atoms with Gasteiger partial charge < -0.3 is 19.5 Å². The first-order valence-electron chi connectivity index (χ1n) is 6.26. The SMILES string of the molecule is COc1cc(C(=O)CNC2CC2)cc(OC)c1OC. The number of benzene rings is 1. The van der Waals surface area contributed by atoms with Crippen LogP contribution in [0.15, 0.2) is 12.1 Å². The molecule has 0 heterocycles. The minimum absolute atomic E-state index is 0.0196. The number of carbonyl (C=O) groups excluding carboxylic acids is 1. The molecule has 0 amide bonds. The van der Waals surface area contributed by atoms with Gasteiger partial charge in [-0.3, -0.25) is 4.79 Å². The van der Waals surface area contributed by atoms with E-state index in [0.717, 1.165) is 12.8 Å². The highest BCUT2D eigenvalue weighted by Crippen LogP contribution is 2.38. The van der Waals surface area contributed by atoms with E-state index in [0.29, 0.717) is 35.4 Å². The van der Waals surface area contributed by atoms with Gasteiger partial charge >= 0.3 is 0 Å². The van der Waals surface area contributed by atoms with Gasteiger partial charge in [0.05, 0.1) is 27.9 Å². The smallest absolute Gasteiger partial charge is 0.203 e. The minimum Gasteiger partial charge on any atom is -0.493 e. The number of nitrogens with one attached hydrogen (secondary N) is 1. The van der Waals surface area contributed by atoms with Crippen molar-refractivity contribution in [2.45, 2.75) is 18.9 Å². The predicted octanol–water partition coefficient (Wildman–Crippen LogP) is 1.65. The summed E-state index contributed by atoms with van der Waals surface area (Å²) in [5.74, 6) is 1.51. The molecule has 19 heavy (non-hydrogen) atoms. The molecule has 1 aromatic rings. The Labute approximate surface area is 112 Å². The second-order valence-corrected chi connectivity index (χ2v) is 4.49. The number of carbonyl (C=O) groups is 1. The van der Waals surface area contributed by atoms with Crippen LogP contribution in [0.5, 0.6) is 17.2 Å². The number of hydrogen-bond acceptors (Lipinski definition) is 5. The van der Waals surface area contributed by atoms with E-state index >= 15 is 0 Å². The number of ether oxygens (including phenoxy) is 3. The van der Waals surface area contributed by atoms with Crippen LogP contribution >= 0.6 is 0 Å². The Hall–Kier alpha value is -1.75. The Bertz CT molecular complexity index is 444. The van der Waals surface area contributed by atoms with Crippen molar-refractivity contribution < 1.29 is 19.0 Å². The molecule has 5 nitrogen and oxygen atoms in total. The van der Waals surface area contributed by atoms with E-state index in [2.05, 4.69) is 5.32 Å². The van der Waals surface area contributed by atoms with Gasteiger partial charge in [-0.1, -0.05) is 0 Å². The molecule has 0 atom stereocenters. The molecule has 0 aromatic heterocycles. The number of Topliss-reactive ketones (excluding diaryl/α,β-unsaturated/α-hetero) is 1. The molecule has 0 unspecified atom stereocenters. The summed E-state index contributed by atoms with van der Waals surface area (Å²) in [5, 5.41) is 3.20. The van der Waals surface area contributed by atoms with Crippen molar-refractivity contribution in [3.05, 3.63) is 17.7 Å². The van der Waals surface area contributed by atoms with Gasteiger partial charge in [0, 0.05) is 11.6 Å². The lowest BCUT2D eigenvalue weighted by Gasteiger charge is -2.13. The van der Waals surface area contributed by atoms with Crippen LogP contribution in [-0.4, -0.2) is 39.7 Å². The minimum atomic E-state index is 0.0196. The molecule has 1 aliphatic rings. The van der Waals surface area contributed by atoms with Crippen molar-refractivity contribution >= 4 is 5.78 Å². The average Bonchev–Trinajstić information content (AvgIpc) is 3.27. The van der Waals surface area contributed by atoms with Crippen molar-refractivity contribution in [1.82, 2.24) is 5.32 Å². The molecule has 0 bridgehead atoms. The van der Waals surface area contributed by atoms with E-state index in [9.17, 15) is 4.79 Å². The predicted molar refractivity (Wildman–Crippen MR) is 71.5 cm³/mol. The zero-order chi connectivity index (χ0) is 13.8. The quantitative estimate of drug-likeness (QED) is 0.760. The first kappa shape index (κ1) is 13.7. The van der Waals surface area contributed by atoms with Crippen LogP contribution in [0.1, 0.15) is 23.2 Å². The second-order valence-electron chi connectivity index (χ2n) is 4.49. The fraction of sp³-hybridized carbons (Fsp3) is 0.500. The van der Waals surface area contributed by atoms with Crippen LogP contribution in [-0.2, 0) is 0 Å². The summed E-state index contributed by atoms with van der Waals surface area (Å²) in [4.78, 5) is 12.1. The lowest BCUT2D eigenvalue weighted by atomic mass is 10.1. The van der Waals surface area contributed by atoms with E-state index in [4.69, 9.17) is 14.2 Å². The van der Waals surface area contributed by atoms with Crippen molar-refractivity contribution in [1.29, 1.82) is 0 Å². The van der Waals surface area contributed by atoms with Crippen LogP contribution < -0.4 is 19.5 Å². The number of hydrogen-bond donors (Lipinski definition) is 1. The van der Waals surface area contributed by atoms with Crippen LogP contribution in [0.2, 0.25) is 0 Å². The monoisotopic (exact) mass is 265 g/mol. The lowest BCUT2D eigenvalue weighted by molar-refractivity contribution is 0.0989. The molecule has 1 aliphatic carbocycles. The molecule has 0 radical (unpaired) electrons. The van der Waals surface area contributed by atoms with Gasteiger partial charge in [0.2, 0.25) is 5.75 Å². The Balaban J connectivity index is 2.21. The fourth-order valence-electron chi connectivity index (χ4n) is 1.87. The number of methoxy groups -OCH3 is 3. The Morgan fingerprint density at radius 2 is 1.74 bits per heavy atom. The van der Waals surface area contributed by atoms with Gasteiger partial charge in [-0.05, 0) is 25.0 Å². The number of rotatable bonds is 7. The molecule has 5 heteroatoms. The van der Waals surface area contributed by atoms with Crippen LogP contribution in [0, 0.1) is 0 Å². The highest BCUT2D eigenvalue weighted by atomic mass is 16.5. The lowest BCUT2D eigenvalue weighted by Crippen LogP contribution is -2.24. The van der Waals surface area contributed by atoms with Gasteiger partial charge in [-0.15, -0.1) is 0 Å². The fourth-order valence-corrected chi connectivity index (χ4v) is 1.87. The summed E-state index contributed by atoms with van der Waals surface area (Å²) < 4.78 is 15.7. The largest absolute Gasteiger partial charge is 0.493 e. The van der Waals surface area contributed by atoms with Crippen molar-refractivity contribution in [3.8, 4) is 17.2 Å². The van der Waals surface area contributed by atoms with E-state index in [-0.39, 0.29) is 5.78 Å². The standard InChI is InChI=1S/C14H19NO4/c1-17-12-6-9(7-13(18-2)14(12)19-3)11(16)8-15-10-4-5-10/h6-7,10,15H,4-5,8H2,1-3H3. The summed E-state index contributed by atoms with van der Waals surface area (Å²) in [6.45, 7) is 0.337. The highest BCUT2D eigenvalue weighted by molar-refractivity contribution is 5.98. The van der Waals surface area contributed by atoms with Gasteiger partial charge in [0.25, 0.3) is 0 Å². The maximum Gasteiger partial charge on any atom is 0.203 e. The van der Waals surface area contributed by atoms with Crippen LogP contribution in [0.25, 0.3) is 0 Å². The van der Waals surface area contributed by atoms with Gasteiger partial charge in [-0.2, -0.15) is 0 Å². The Morgan fingerprint density at radius 3 is 2.16 bits per heavy atom. The molecular formula is C14H19NO4. The van der Waals surface area contributed by atoms with Crippen LogP contribution in [0.3, 0.4) is 0 Å². The molecule has 104 valence electrons. The van der Waals surface area contributed by atoms with Crippen LogP contribution in [0.4, 0.5) is 0 Å². The normalized spacial score (nSPS) is 14.1. The maximum atomic E-state index is 12.1. The molecule has 1 N–H and O–H groups in total. The zero-order valence-corrected chi connectivity index (χ0v) is 11.5. The van der Waals surface area contributed by atoms with E-state index < -0.39 is 0 Å². The van der Waals surface area contributed by atoms with Gasteiger partial charge in [-0.25, -0.2) is 0 Å². The van der Waals surface area contributed by atoms with Gasteiger partial charge in [0.15, 0.2) is 17.3 Å². The Morgan fingerprint density at radius 1 is 1.16 bits per heavy atom. The molecular weight excluding hydrogens is 246 g/mol. The van der Waals surface area contributed by atoms with Gasteiger partial charge in [0.1, 0.15) is 0 Å². The first-order valence-corrected chi connectivity index (χ1v) is 6.26. The van der Waals surface area contributed by atoms with Crippen molar-refractivity contribution in [3.63, 3.8) is 0 Å². The highest BCUT2D eigenvalue weighted by Gasteiger charge is 2.22. The molecule has 0 spiro atoms. The third kappa shape index (κ3) is 3.17. The topological polar surface area (TPSA) is 56.8 Å². The second kappa shape index (κ2) is 5.93. The van der Waals surface area contributed by atoms with Crippen molar-refractivity contribution in [2.75, 3.05) is 27.9 Å².